The highest BCUT2D eigenvalue weighted by Gasteiger charge is 2.13. The van der Waals surface area contributed by atoms with Crippen molar-refractivity contribution in [3.63, 3.8) is 0 Å². The third kappa shape index (κ3) is 6.79. The average Bonchev–Trinajstić information content (AvgIpc) is 3.29. The standard InChI is InChI=1S/C24H23NO5S/c1-16-5-6-17(2)21(14-16)30-19-9-7-18(8-10-19)25-23(27)11-12-24(28)29-15-20(26)22-4-3-13-31-22/h3-10,13-14H,11-12,15H2,1-2H3,(H,25,27). The molecule has 0 fully saturated rings. The summed E-state index contributed by atoms with van der Waals surface area (Å²) in [5, 5.41) is 4.51. The minimum atomic E-state index is -0.586. The summed E-state index contributed by atoms with van der Waals surface area (Å²) >= 11 is 1.29. The first-order valence-electron chi connectivity index (χ1n) is 9.78. The van der Waals surface area contributed by atoms with Crippen molar-refractivity contribution in [2.24, 2.45) is 0 Å². The number of carbonyl (C=O) groups excluding carboxylic acids is 3. The molecule has 31 heavy (non-hydrogen) atoms. The summed E-state index contributed by atoms with van der Waals surface area (Å²) in [6.45, 7) is 3.66. The molecule has 160 valence electrons. The van der Waals surface area contributed by atoms with E-state index in [1.54, 1.807) is 41.8 Å². The van der Waals surface area contributed by atoms with E-state index in [2.05, 4.69) is 5.32 Å². The molecule has 0 aliphatic heterocycles. The molecule has 0 radical (unpaired) electrons. The smallest absolute Gasteiger partial charge is 0.306 e. The number of esters is 1. The Labute approximate surface area is 184 Å². The molecular formula is C24H23NO5S. The molecule has 0 saturated heterocycles. The number of hydrogen-bond donors (Lipinski definition) is 1. The number of amides is 1. The average molecular weight is 438 g/mol. The van der Waals surface area contributed by atoms with Gasteiger partial charge in [0.15, 0.2) is 6.61 Å². The normalized spacial score (nSPS) is 10.4. The Morgan fingerprint density at radius 3 is 2.45 bits per heavy atom. The molecule has 0 atom stereocenters. The van der Waals surface area contributed by atoms with Crippen LogP contribution in [0.15, 0.2) is 60.0 Å². The number of nitrogens with one attached hydrogen (secondary N) is 1. The number of benzene rings is 2. The second-order valence-corrected chi connectivity index (χ2v) is 7.95. The first-order valence-corrected chi connectivity index (χ1v) is 10.7. The molecule has 0 aliphatic rings. The summed E-state index contributed by atoms with van der Waals surface area (Å²) in [7, 11) is 0. The van der Waals surface area contributed by atoms with E-state index in [0.717, 1.165) is 16.9 Å². The SMILES string of the molecule is Cc1ccc(C)c(Oc2ccc(NC(=O)CCC(=O)OCC(=O)c3cccs3)cc2)c1. The van der Waals surface area contributed by atoms with Gasteiger partial charge in [0.1, 0.15) is 11.5 Å². The summed E-state index contributed by atoms with van der Waals surface area (Å²) < 4.78 is 10.8. The summed E-state index contributed by atoms with van der Waals surface area (Å²) in [5.41, 5.74) is 2.74. The van der Waals surface area contributed by atoms with E-state index in [1.807, 2.05) is 32.0 Å². The molecule has 0 saturated carbocycles. The summed E-state index contributed by atoms with van der Waals surface area (Å²) in [6, 6.07) is 16.4. The number of Topliss-reactive ketones (excluding diaryl/α,β-unsaturated/α-hetero) is 1. The van der Waals surface area contributed by atoms with Crippen LogP contribution in [0.1, 0.15) is 33.6 Å². The summed E-state index contributed by atoms with van der Waals surface area (Å²) in [4.78, 5) is 36.2. The Bertz CT molecular complexity index is 1060. The van der Waals surface area contributed by atoms with Gasteiger partial charge in [0.05, 0.1) is 11.3 Å². The molecule has 6 nitrogen and oxygen atoms in total. The van der Waals surface area contributed by atoms with Crippen LogP contribution in [0, 0.1) is 13.8 Å². The molecule has 0 unspecified atom stereocenters. The van der Waals surface area contributed by atoms with Gasteiger partial charge in [0.2, 0.25) is 11.7 Å². The van der Waals surface area contributed by atoms with Crippen molar-refractivity contribution in [3.8, 4) is 11.5 Å². The fourth-order valence-corrected chi connectivity index (χ4v) is 3.37. The molecule has 1 heterocycles. The van der Waals surface area contributed by atoms with Crippen LogP contribution in [0.5, 0.6) is 11.5 Å². The Hall–Kier alpha value is -3.45. The van der Waals surface area contributed by atoms with Crippen LogP contribution < -0.4 is 10.1 Å². The zero-order valence-electron chi connectivity index (χ0n) is 17.3. The Kier molecular flexibility index (Phi) is 7.56. The lowest BCUT2D eigenvalue weighted by Gasteiger charge is -2.11. The molecule has 3 rings (SSSR count). The third-order valence-electron chi connectivity index (χ3n) is 4.43. The zero-order valence-corrected chi connectivity index (χ0v) is 18.2. The van der Waals surface area contributed by atoms with Crippen molar-refractivity contribution >= 4 is 34.7 Å². The van der Waals surface area contributed by atoms with Gasteiger partial charge >= 0.3 is 5.97 Å². The number of aryl methyl sites for hydroxylation is 2. The van der Waals surface area contributed by atoms with Gasteiger partial charge in [-0.15, -0.1) is 11.3 Å². The molecule has 2 aromatic carbocycles. The Morgan fingerprint density at radius 1 is 0.968 bits per heavy atom. The minimum absolute atomic E-state index is 0.0350. The largest absolute Gasteiger partial charge is 0.457 e. The lowest BCUT2D eigenvalue weighted by molar-refractivity contribution is -0.143. The summed E-state index contributed by atoms with van der Waals surface area (Å²) in [5.74, 6) is 0.288. The van der Waals surface area contributed by atoms with Crippen molar-refractivity contribution in [3.05, 3.63) is 76.0 Å². The molecule has 0 aliphatic carbocycles. The number of carbonyl (C=O) groups is 3. The lowest BCUT2D eigenvalue weighted by atomic mass is 10.1. The van der Waals surface area contributed by atoms with Crippen molar-refractivity contribution < 1.29 is 23.9 Å². The molecule has 0 spiro atoms. The Balaban J connectivity index is 1.42. The molecule has 1 N–H and O–H groups in total. The monoisotopic (exact) mass is 437 g/mol. The van der Waals surface area contributed by atoms with E-state index in [0.29, 0.717) is 16.3 Å². The maximum absolute atomic E-state index is 12.1. The van der Waals surface area contributed by atoms with Crippen molar-refractivity contribution in [1.29, 1.82) is 0 Å². The van der Waals surface area contributed by atoms with Crippen molar-refractivity contribution in [1.82, 2.24) is 0 Å². The first kappa shape index (κ1) is 22.2. The van der Waals surface area contributed by atoms with Crippen LogP contribution in [0.4, 0.5) is 5.69 Å². The lowest BCUT2D eigenvalue weighted by Crippen LogP contribution is -2.17. The predicted molar refractivity (Wildman–Crippen MR) is 120 cm³/mol. The van der Waals surface area contributed by atoms with Crippen LogP contribution in [0.25, 0.3) is 0 Å². The van der Waals surface area contributed by atoms with E-state index in [-0.39, 0.29) is 31.1 Å². The van der Waals surface area contributed by atoms with Crippen LogP contribution in [-0.4, -0.2) is 24.3 Å². The second-order valence-electron chi connectivity index (χ2n) is 7.00. The van der Waals surface area contributed by atoms with Gasteiger partial charge in [-0.2, -0.15) is 0 Å². The van der Waals surface area contributed by atoms with Gasteiger partial charge in [-0.05, 0) is 66.8 Å². The number of rotatable bonds is 9. The third-order valence-corrected chi connectivity index (χ3v) is 5.34. The number of ketones is 1. The molecule has 3 aromatic rings. The van der Waals surface area contributed by atoms with E-state index in [4.69, 9.17) is 9.47 Å². The highest BCUT2D eigenvalue weighted by atomic mass is 32.1. The molecule has 1 amide bonds. The van der Waals surface area contributed by atoms with Crippen molar-refractivity contribution in [2.45, 2.75) is 26.7 Å². The van der Waals surface area contributed by atoms with Crippen LogP contribution in [0.3, 0.4) is 0 Å². The summed E-state index contributed by atoms with van der Waals surface area (Å²) in [6.07, 6.45) is -0.135. The predicted octanol–water partition coefficient (Wildman–Crippen LogP) is 5.30. The van der Waals surface area contributed by atoms with Crippen LogP contribution >= 0.6 is 11.3 Å². The van der Waals surface area contributed by atoms with E-state index < -0.39 is 5.97 Å². The number of anilines is 1. The Morgan fingerprint density at radius 2 is 1.74 bits per heavy atom. The minimum Gasteiger partial charge on any atom is -0.457 e. The molecular weight excluding hydrogens is 414 g/mol. The highest BCUT2D eigenvalue weighted by Crippen LogP contribution is 2.27. The fourth-order valence-electron chi connectivity index (χ4n) is 2.72. The second kappa shape index (κ2) is 10.5. The highest BCUT2D eigenvalue weighted by molar-refractivity contribution is 7.12. The number of thiophene rings is 1. The molecule has 1 aromatic heterocycles. The van der Waals surface area contributed by atoms with Gasteiger partial charge < -0.3 is 14.8 Å². The molecule has 0 bridgehead atoms. The fraction of sp³-hybridized carbons (Fsp3) is 0.208. The van der Waals surface area contributed by atoms with Gasteiger partial charge in [-0.1, -0.05) is 18.2 Å². The van der Waals surface area contributed by atoms with Gasteiger partial charge in [-0.3, -0.25) is 14.4 Å². The van der Waals surface area contributed by atoms with Crippen LogP contribution in [0.2, 0.25) is 0 Å². The first-order chi connectivity index (χ1) is 14.9. The van der Waals surface area contributed by atoms with Crippen molar-refractivity contribution in [2.75, 3.05) is 11.9 Å². The molecule has 7 heteroatoms. The van der Waals surface area contributed by atoms with E-state index in [9.17, 15) is 14.4 Å². The number of ether oxygens (including phenoxy) is 2. The van der Waals surface area contributed by atoms with Gasteiger partial charge in [0, 0.05) is 12.1 Å². The zero-order chi connectivity index (χ0) is 22.2. The maximum Gasteiger partial charge on any atom is 0.306 e. The van der Waals surface area contributed by atoms with E-state index >= 15 is 0 Å². The maximum atomic E-state index is 12.1. The van der Waals surface area contributed by atoms with Gasteiger partial charge in [-0.25, -0.2) is 0 Å². The van der Waals surface area contributed by atoms with Gasteiger partial charge in [0.25, 0.3) is 0 Å². The van der Waals surface area contributed by atoms with Crippen LogP contribution in [-0.2, 0) is 14.3 Å². The number of hydrogen-bond acceptors (Lipinski definition) is 6. The quantitative estimate of drug-likeness (QED) is 0.363. The topological polar surface area (TPSA) is 81.7 Å². The van der Waals surface area contributed by atoms with E-state index in [1.165, 1.54) is 11.3 Å².